The number of hydrogen-bond donors (Lipinski definition) is 1. The van der Waals surface area contributed by atoms with Crippen LogP contribution in [-0.2, 0) is 19.4 Å². The maximum Gasteiger partial charge on any atom is 0.254 e. The van der Waals surface area contributed by atoms with Gasteiger partial charge in [-0.05, 0) is 30.0 Å². The molecule has 1 aromatic carbocycles. The molecule has 0 fully saturated rings. The Morgan fingerprint density at radius 1 is 1.16 bits per heavy atom. The molecule has 8 heteroatoms. The van der Waals surface area contributed by atoms with Gasteiger partial charge in [-0.15, -0.1) is 0 Å². The van der Waals surface area contributed by atoms with Crippen LogP contribution < -0.4 is 15.0 Å². The summed E-state index contributed by atoms with van der Waals surface area (Å²) in [4.78, 5) is 30.9. The number of nitrogens with zero attached hydrogens (tertiary/aromatic N) is 4. The summed E-state index contributed by atoms with van der Waals surface area (Å²) in [5.74, 6) is 2.43. The van der Waals surface area contributed by atoms with E-state index in [4.69, 9.17) is 14.5 Å². The molecule has 3 heterocycles. The fourth-order valence-corrected chi connectivity index (χ4v) is 3.80. The van der Waals surface area contributed by atoms with Crippen molar-refractivity contribution in [3.8, 4) is 23.0 Å². The number of aromatic amines is 1. The Morgan fingerprint density at radius 3 is 2.75 bits per heavy atom. The van der Waals surface area contributed by atoms with Crippen LogP contribution in [0.4, 0.5) is 0 Å². The van der Waals surface area contributed by atoms with Gasteiger partial charge in [0, 0.05) is 44.0 Å². The zero-order valence-electron chi connectivity index (χ0n) is 18.8. The Hall–Kier alpha value is -3.26. The molecule has 0 aliphatic carbocycles. The minimum atomic E-state index is -0.0918. The zero-order valence-corrected chi connectivity index (χ0v) is 18.8. The molecule has 0 bridgehead atoms. The van der Waals surface area contributed by atoms with Crippen molar-refractivity contribution in [2.24, 2.45) is 5.92 Å². The highest BCUT2D eigenvalue weighted by atomic mass is 16.5. The van der Waals surface area contributed by atoms with Crippen molar-refractivity contribution in [1.29, 1.82) is 0 Å². The van der Waals surface area contributed by atoms with Gasteiger partial charge in [0.2, 0.25) is 0 Å². The maximum absolute atomic E-state index is 12.7. The van der Waals surface area contributed by atoms with Gasteiger partial charge in [0.15, 0.2) is 17.3 Å². The van der Waals surface area contributed by atoms with E-state index in [2.05, 4.69) is 39.8 Å². The summed E-state index contributed by atoms with van der Waals surface area (Å²) < 4.78 is 11.4. The fraction of sp³-hybridized carbons (Fsp3) is 0.417. The minimum Gasteiger partial charge on any atom is -0.493 e. The van der Waals surface area contributed by atoms with E-state index in [-0.39, 0.29) is 5.56 Å². The number of aromatic nitrogens is 4. The first kappa shape index (κ1) is 22.0. The van der Waals surface area contributed by atoms with E-state index in [0.29, 0.717) is 36.9 Å². The van der Waals surface area contributed by atoms with Crippen molar-refractivity contribution < 1.29 is 9.47 Å². The van der Waals surface area contributed by atoms with Gasteiger partial charge in [-0.3, -0.25) is 14.7 Å². The van der Waals surface area contributed by atoms with Crippen molar-refractivity contribution in [2.45, 2.75) is 33.2 Å². The van der Waals surface area contributed by atoms with Crippen LogP contribution in [0, 0.1) is 5.92 Å². The van der Waals surface area contributed by atoms with Crippen molar-refractivity contribution in [2.75, 3.05) is 26.8 Å². The first-order chi connectivity index (χ1) is 15.5. The van der Waals surface area contributed by atoms with E-state index in [1.807, 2.05) is 12.1 Å². The molecular weight excluding hydrogens is 406 g/mol. The van der Waals surface area contributed by atoms with Crippen LogP contribution in [0.5, 0.6) is 11.5 Å². The monoisotopic (exact) mass is 435 g/mol. The first-order valence-electron chi connectivity index (χ1n) is 10.9. The standard InChI is InChI=1S/C24H29N5O3/c1-16(2)15-32-21-5-4-17(12-22(21)31-3)14-29-10-6-18-19(7-11-29)27-23(28-24(18)30)20-13-25-8-9-26-20/h4-5,8-9,12-13,16H,6-7,10-11,14-15H2,1-3H3,(H,27,28,30). The number of ether oxygens (including phenoxy) is 2. The summed E-state index contributed by atoms with van der Waals surface area (Å²) in [5.41, 5.74) is 3.22. The number of methoxy groups -OCH3 is 1. The summed E-state index contributed by atoms with van der Waals surface area (Å²) in [6, 6.07) is 6.08. The lowest BCUT2D eigenvalue weighted by atomic mass is 10.1. The smallest absolute Gasteiger partial charge is 0.254 e. The predicted molar refractivity (Wildman–Crippen MR) is 122 cm³/mol. The van der Waals surface area contributed by atoms with Crippen molar-refractivity contribution in [3.63, 3.8) is 0 Å². The molecular formula is C24H29N5O3. The molecule has 0 amide bonds. The third-order valence-corrected chi connectivity index (χ3v) is 5.46. The highest BCUT2D eigenvalue weighted by molar-refractivity contribution is 5.47. The largest absolute Gasteiger partial charge is 0.493 e. The Bertz CT molecular complexity index is 1110. The summed E-state index contributed by atoms with van der Waals surface area (Å²) in [6.45, 7) is 7.26. The Balaban J connectivity index is 1.47. The maximum atomic E-state index is 12.7. The molecule has 4 rings (SSSR count). The minimum absolute atomic E-state index is 0.0918. The topological polar surface area (TPSA) is 93.2 Å². The van der Waals surface area contributed by atoms with E-state index in [1.165, 1.54) is 0 Å². The molecule has 1 N–H and O–H groups in total. The number of hydrogen-bond acceptors (Lipinski definition) is 7. The molecule has 0 radical (unpaired) electrons. The van der Waals surface area contributed by atoms with Gasteiger partial charge in [0.25, 0.3) is 5.56 Å². The molecule has 0 spiro atoms. The lowest BCUT2D eigenvalue weighted by Crippen LogP contribution is -2.26. The number of rotatable bonds is 7. The molecule has 1 aliphatic heterocycles. The van der Waals surface area contributed by atoms with E-state index >= 15 is 0 Å². The average molecular weight is 436 g/mol. The van der Waals surface area contributed by atoms with Gasteiger partial charge in [0.1, 0.15) is 5.69 Å². The van der Waals surface area contributed by atoms with E-state index in [1.54, 1.807) is 25.7 Å². The van der Waals surface area contributed by atoms with Gasteiger partial charge in [0.05, 0.1) is 25.6 Å². The Labute approximate surface area is 187 Å². The molecule has 0 saturated carbocycles. The highest BCUT2D eigenvalue weighted by Crippen LogP contribution is 2.29. The van der Waals surface area contributed by atoms with E-state index in [9.17, 15) is 4.79 Å². The summed E-state index contributed by atoms with van der Waals surface area (Å²) in [7, 11) is 1.66. The lowest BCUT2D eigenvalue weighted by Gasteiger charge is -2.20. The van der Waals surface area contributed by atoms with Gasteiger partial charge in [-0.1, -0.05) is 19.9 Å². The Kier molecular flexibility index (Phi) is 6.80. The number of benzene rings is 1. The molecule has 0 atom stereocenters. The lowest BCUT2D eigenvalue weighted by molar-refractivity contribution is 0.255. The van der Waals surface area contributed by atoms with Gasteiger partial charge in [-0.2, -0.15) is 0 Å². The number of fused-ring (bicyclic) bond motifs is 1. The SMILES string of the molecule is COc1cc(CN2CCc3nc(-c4cnccn4)[nH]c(=O)c3CC2)ccc1OCC(C)C. The summed E-state index contributed by atoms with van der Waals surface area (Å²) >= 11 is 0. The second-order valence-electron chi connectivity index (χ2n) is 8.40. The van der Waals surface area contributed by atoms with Crippen LogP contribution in [0.3, 0.4) is 0 Å². The average Bonchev–Trinajstić information content (AvgIpc) is 3.01. The first-order valence-corrected chi connectivity index (χ1v) is 10.9. The van der Waals surface area contributed by atoms with E-state index in [0.717, 1.165) is 48.0 Å². The molecule has 0 saturated heterocycles. The van der Waals surface area contributed by atoms with Crippen LogP contribution in [0.1, 0.15) is 30.7 Å². The molecule has 3 aromatic rings. The summed E-state index contributed by atoms with van der Waals surface area (Å²) in [6.07, 6.45) is 6.16. The van der Waals surface area contributed by atoms with Crippen LogP contribution >= 0.6 is 0 Å². The van der Waals surface area contributed by atoms with Crippen molar-refractivity contribution >= 4 is 0 Å². The molecule has 2 aromatic heterocycles. The van der Waals surface area contributed by atoms with Crippen LogP contribution in [0.2, 0.25) is 0 Å². The zero-order chi connectivity index (χ0) is 22.5. The number of nitrogens with one attached hydrogen (secondary N) is 1. The molecule has 1 aliphatic rings. The van der Waals surface area contributed by atoms with Crippen molar-refractivity contribution in [1.82, 2.24) is 24.8 Å². The number of H-pyrrole nitrogens is 1. The van der Waals surface area contributed by atoms with Crippen LogP contribution in [0.15, 0.2) is 41.6 Å². The molecule has 168 valence electrons. The molecule has 8 nitrogen and oxygen atoms in total. The quantitative estimate of drug-likeness (QED) is 0.610. The molecule has 0 unspecified atom stereocenters. The highest BCUT2D eigenvalue weighted by Gasteiger charge is 2.20. The second-order valence-corrected chi connectivity index (χ2v) is 8.40. The van der Waals surface area contributed by atoms with Gasteiger partial charge >= 0.3 is 0 Å². The second kappa shape index (κ2) is 9.91. The normalized spacial score (nSPS) is 14.1. The third-order valence-electron chi connectivity index (χ3n) is 5.46. The summed E-state index contributed by atoms with van der Waals surface area (Å²) in [5, 5.41) is 0. The van der Waals surface area contributed by atoms with Crippen LogP contribution in [-0.4, -0.2) is 51.6 Å². The fourth-order valence-electron chi connectivity index (χ4n) is 3.80. The van der Waals surface area contributed by atoms with Gasteiger partial charge < -0.3 is 14.5 Å². The molecule has 32 heavy (non-hydrogen) atoms. The third kappa shape index (κ3) is 5.13. The predicted octanol–water partition coefficient (Wildman–Crippen LogP) is 2.87. The van der Waals surface area contributed by atoms with Gasteiger partial charge in [-0.25, -0.2) is 9.97 Å². The Morgan fingerprint density at radius 2 is 2.00 bits per heavy atom. The van der Waals surface area contributed by atoms with E-state index < -0.39 is 0 Å². The van der Waals surface area contributed by atoms with Crippen LogP contribution in [0.25, 0.3) is 11.5 Å². The van der Waals surface area contributed by atoms with Crippen molar-refractivity contribution in [3.05, 3.63) is 64.0 Å².